The summed E-state index contributed by atoms with van der Waals surface area (Å²) in [6.45, 7) is 5.61. The minimum absolute atomic E-state index is 0.0333. The number of hydrogen-bond acceptors (Lipinski definition) is 6. The smallest absolute Gasteiger partial charge is 0.273 e. The number of amides is 1. The van der Waals surface area contributed by atoms with Gasteiger partial charge in [-0.2, -0.15) is 0 Å². The Hall–Kier alpha value is -3.26. The molecular weight excluding hydrogens is 378 g/mol. The fraction of sp³-hybridized carbons (Fsp3) is 0.200. The van der Waals surface area contributed by atoms with Crippen LogP contribution in [0.5, 0.6) is 5.75 Å². The molecule has 0 atom stereocenters. The van der Waals surface area contributed by atoms with Gasteiger partial charge in [0.05, 0.1) is 22.4 Å². The standard InChI is InChI=1S/C20H19N3O4S/c1-13-7-8-19(14(2)9-13)22(15(3)24)20-21-16(12-28-20)11-27-18-6-4-5-17(10-18)23(25)26/h4-10,12H,11H2,1-3H3. The van der Waals surface area contributed by atoms with Gasteiger partial charge < -0.3 is 4.74 Å². The van der Waals surface area contributed by atoms with Gasteiger partial charge in [0.2, 0.25) is 5.91 Å². The highest BCUT2D eigenvalue weighted by Crippen LogP contribution is 2.32. The lowest BCUT2D eigenvalue weighted by Gasteiger charge is -2.20. The molecule has 1 aromatic heterocycles. The van der Waals surface area contributed by atoms with Crippen LogP contribution < -0.4 is 9.64 Å². The summed E-state index contributed by atoms with van der Waals surface area (Å²) in [5.74, 6) is 0.258. The summed E-state index contributed by atoms with van der Waals surface area (Å²) in [6.07, 6.45) is 0. The van der Waals surface area contributed by atoms with Crippen LogP contribution in [0, 0.1) is 24.0 Å². The minimum atomic E-state index is -0.470. The monoisotopic (exact) mass is 397 g/mol. The predicted octanol–water partition coefficient (Wildman–Crippen LogP) is 4.93. The maximum atomic E-state index is 12.3. The summed E-state index contributed by atoms with van der Waals surface area (Å²) in [4.78, 5) is 28.7. The van der Waals surface area contributed by atoms with Gasteiger partial charge in [-0.25, -0.2) is 4.98 Å². The predicted molar refractivity (Wildman–Crippen MR) is 108 cm³/mol. The third-order valence-electron chi connectivity index (χ3n) is 4.05. The Morgan fingerprint density at radius 3 is 2.71 bits per heavy atom. The highest BCUT2D eigenvalue weighted by atomic mass is 32.1. The molecule has 0 fully saturated rings. The molecule has 0 bridgehead atoms. The lowest BCUT2D eigenvalue weighted by atomic mass is 10.1. The van der Waals surface area contributed by atoms with E-state index in [1.54, 1.807) is 17.0 Å². The molecule has 0 aliphatic heterocycles. The van der Waals surface area contributed by atoms with E-state index in [1.165, 1.54) is 30.4 Å². The lowest BCUT2D eigenvalue weighted by Crippen LogP contribution is -2.23. The van der Waals surface area contributed by atoms with Gasteiger partial charge in [-0.3, -0.25) is 19.8 Å². The fourth-order valence-corrected chi connectivity index (χ4v) is 3.64. The zero-order valence-electron chi connectivity index (χ0n) is 15.7. The summed E-state index contributed by atoms with van der Waals surface area (Å²) in [6, 6.07) is 11.9. The van der Waals surface area contributed by atoms with Gasteiger partial charge in [0.15, 0.2) is 5.13 Å². The van der Waals surface area contributed by atoms with Gasteiger partial charge in [-0.15, -0.1) is 11.3 Å². The van der Waals surface area contributed by atoms with E-state index in [0.29, 0.717) is 16.6 Å². The van der Waals surface area contributed by atoms with Crippen LogP contribution in [0.15, 0.2) is 47.8 Å². The highest BCUT2D eigenvalue weighted by Gasteiger charge is 2.20. The Morgan fingerprint density at radius 2 is 2.04 bits per heavy atom. The van der Waals surface area contributed by atoms with E-state index < -0.39 is 4.92 Å². The van der Waals surface area contributed by atoms with E-state index in [-0.39, 0.29) is 18.2 Å². The molecule has 0 aliphatic rings. The van der Waals surface area contributed by atoms with Crippen molar-refractivity contribution >= 4 is 33.8 Å². The Bertz CT molecular complexity index is 1030. The molecule has 1 heterocycles. The Morgan fingerprint density at radius 1 is 1.25 bits per heavy atom. The molecule has 0 saturated heterocycles. The second kappa shape index (κ2) is 8.18. The summed E-state index contributed by atoms with van der Waals surface area (Å²) >= 11 is 1.34. The second-order valence-electron chi connectivity index (χ2n) is 6.31. The Labute approximate surface area is 166 Å². The first-order valence-electron chi connectivity index (χ1n) is 8.55. The third kappa shape index (κ3) is 4.34. The van der Waals surface area contributed by atoms with Gasteiger partial charge in [-0.05, 0) is 31.5 Å². The maximum absolute atomic E-state index is 12.3. The van der Waals surface area contributed by atoms with Crippen molar-refractivity contribution in [1.29, 1.82) is 0 Å². The van der Waals surface area contributed by atoms with E-state index >= 15 is 0 Å². The summed E-state index contributed by atoms with van der Waals surface area (Å²) in [7, 11) is 0. The second-order valence-corrected chi connectivity index (χ2v) is 7.15. The molecule has 0 N–H and O–H groups in total. The van der Waals surface area contributed by atoms with E-state index in [4.69, 9.17) is 4.74 Å². The number of nitro benzene ring substituents is 1. The largest absolute Gasteiger partial charge is 0.487 e. The van der Waals surface area contributed by atoms with E-state index in [9.17, 15) is 14.9 Å². The van der Waals surface area contributed by atoms with Crippen LogP contribution in [0.1, 0.15) is 23.7 Å². The molecule has 0 saturated carbocycles. The third-order valence-corrected chi connectivity index (χ3v) is 4.93. The number of carbonyl (C=O) groups is 1. The van der Waals surface area contributed by atoms with Gasteiger partial charge in [0.25, 0.3) is 5.69 Å². The van der Waals surface area contributed by atoms with Crippen molar-refractivity contribution in [2.45, 2.75) is 27.4 Å². The molecule has 8 heteroatoms. The van der Waals surface area contributed by atoms with E-state index in [1.807, 2.05) is 37.4 Å². The zero-order chi connectivity index (χ0) is 20.3. The molecule has 0 spiro atoms. The minimum Gasteiger partial charge on any atom is -0.487 e. The zero-order valence-corrected chi connectivity index (χ0v) is 16.5. The number of thiazole rings is 1. The topological polar surface area (TPSA) is 85.6 Å². The van der Waals surface area contributed by atoms with Gasteiger partial charge in [-0.1, -0.05) is 23.8 Å². The van der Waals surface area contributed by atoms with Crippen LogP contribution in [-0.4, -0.2) is 15.8 Å². The van der Waals surface area contributed by atoms with Crippen LogP contribution >= 0.6 is 11.3 Å². The molecule has 7 nitrogen and oxygen atoms in total. The van der Waals surface area contributed by atoms with Crippen LogP contribution in [-0.2, 0) is 11.4 Å². The molecule has 0 radical (unpaired) electrons. The first kappa shape index (κ1) is 19.5. The number of anilines is 2. The van der Waals surface area contributed by atoms with Crippen LogP contribution in [0.25, 0.3) is 0 Å². The summed E-state index contributed by atoms with van der Waals surface area (Å²) < 4.78 is 5.62. The first-order valence-corrected chi connectivity index (χ1v) is 9.42. The number of benzene rings is 2. The molecule has 0 aliphatic carbocycles. The number of nitrogens with zero attached hydrogens (tertiary/aromatic N) is 3. The average molecular weight is 397 g/mol. The Balaban J connectivity index is 1.79. The number of carbonyl (C=O) groups excluding carboxylic acids is 1. The van der Waals surface area contributed by atoms with Crippen LogP contribution in [0.4, 0.5) is 16.5 Å². The Kier molecular flexibility index (Phi) is 5.70. The SMILES string of the molecule is CC(=O)N(c1nc(COc2cccc([N+](=O)[O-])c2)cs1)c1ccc(C)cc1C. The van der Waals surface area contributed by atoms with Crippen LogP contribution in [0.3, 0.4) is 0 Å². The fourth-order valence-electron chi connectivity index (χ4n) is 2.77. The molecule has 3 rings (SSSR count). The maximum Gasteiger partial charge on any atom is 0.273 e. The van der Waals surface area contributed by atoms with E-state index in [2.05, 4.69) is 4.98 Å². The van der Waals surface area contributed by atoms with Crippen molar-refractivity contribution in [2.24, 2.45) is 0 Å². The quantitative estimate of drug-likeness (QED) is 0.435. The number of rotatable bonds is 6. The molecule has 1 amide bonds. The summed E-state index contributed by atoms with van der Waals surface area (Å²) in [5.41, 5.74) is 3.50. The van der Waals surface area contributed by atoms with E-state index in [0.717, 1.165) is 16.8 Å². The number of hydrogen-bond donors (Lipinski definition) is 0. The highest BCUT2D eigenvalue weighted by molar-refractivity contribution is 7.14. The normalized spacial score (nSPS) is 10.5. The molecule has 28 heavy (non-hydrogen) atoms. The number of aromatic nitrogens is 1. The van der Waals surface area contributed by atoms with Gasteiger partial charge in [0.1, 0.15) is 12.4 Å². The molecule has 144 valence electrons. The van der Waals surface area contributed by atoms with Crippen molar-refractivity contribution in [3.05, 3.63) is 74.8 Å². The van der Waals surface area contributed by atoms with Gasteiger partial charge >= 0.3 is 0 Å². The first-order chi connectivity index (χ1) is 13.3. The number of nitro groups is 1. The van der Waals surface area contributed by atoms with Gasteiger partial charge in [0, 0.05) is 18.4 Å². The number of ether oxygens (including phenoxy) is 1. The number of aryl methyl sites for hydroxylation is 2. The van der Waals surface area contributed by atoms with Crippen molar-refractivity contribution < 1.29 is 14.5 Å². The van der Waals surface area contributed by atoms with Crippen molar-refractivity contribution in [3.63, 3.8) is 0 Å². The van der Waals surface area contributed by atoms with Crippen molar-refractivity contribution in [2.75, 3.05) is 4.90 Å². The molecular formula is C20H19N3O4S. The lowest BCUT2D eigenvalue weighted by molar-refractivity contribution is -0.384. The average Bonchev–Trinajstić information content (AvgIpc) is 3.10. The van der Waals surface area contributed by atoms with Crippen molar-refractivity contribution in [1.82, 2.24) is 4.98 Å². The summed E-state index contributed by atoms with van der Waals surface area (Å²) in [5, 5.41) is 13.2. The van der Waals surface area contributed by atoms with Crippen LogP contribution in [0.2, 0.25) is 0 Å². The number of non-ortho nitro benzene ring substituents is 1. The molecule has 3 aromatic rings. The molecule has 0 unspecified atom stereocenters. The molecule has 2 aromatic carbocycles. The van der Waals surface area contributed by atoms with Crippen molar-refractivity contribution in [3.8, 4) is 5.75 Å².